The zero-order valence-corrected chi connectivity index (χ0v) is 15.1. The summed E-state index contributed by atoms with van der Waals surface area (Å²) in [7, 11) is 3.07. The van der Waals surface area contributed by atoms with Crippen LogP contribution in [0.25, 0.3) is 0 Å². The van der Waals surface area contributed by atoms with Crippen molar-refractivity contribution in [3.63, 3.8) is 0 Å². The molecule has 2 aromatic heterocycles. The number of anilines is 2. The Balaban J connectivity index is 1.61. The number of methoxy groups -OCH3 is 2. The summed E-state index contributed by atoms with van der Waals surface area (Å²) in [6, 6.07) is 14.3. The van der Waals surface area contributed by atoms with Gasteiger partial charge in [0.1, 0.15) is 5.82 Å². The number of pyridine rings is 2. The van der Waals surface area contributed by atoms with Crippen LogP contribution in [-0.4, -0.2) is 30.1 Å². The number of hydrogen-bond acceptors (Lipinski definition) is 6. The van der Waals surface area contributed by atoms with E-state index in [0.717, 1.165) is 11.4 Å². The average Bonchev–Trinajstić information content (AvgIpc) is 2.73. The molecule has 0 unspecified atom stereocenters. The maximum Gasteiger partial charge on any atom is 0.256 e. The number of nitrogens with zero attached hydrogens (tertiary/aromatic N) is 2. The smallest absolute Gasteiger partial charge is 0.256 e. The Morgan fingerprint density at radius 2 is 1.85 bits per heavy atom. The minimum Gasteiger partial charge on any atom is -0.493 e. The van der Waals surface area contributed by atoms with Crippen LogP contribution in [0.5, 0.6) is 11.5 Å². The Bertz CT molecular complexity index is 899. The van der Waals surface area contributed by atoms with Crippen molar-refractivity contribution in [2.75, 3.05) is 24.9 Å². The molecule has 138 valence electrons. The van der Waals surface area contributed by atoms with Crippen LogP contribution in [0.4, 0.5) is 11.5 Å². The van der Waals surface area contributed by atoms with Crippen molar-refractivity contribution in [1.82, 2.24) is 9.97 Å². The molecule has 1 aromatic carbocycles. The predicted octanol–water partition coefficient (Wildman–Crippen LogP) is 3.36. The highest BCUT2D eigenvalue weighted by atomic mass is 16.5. The van der Waals surface area contributed by atoms with Gasteiger partial charge in [0.2, 0.25) is 0 Å². The Hall–Kier alpha value is -3.61. The summed E-state index contributed by atoms with van der Waals surface area (Å²) in [5.41, 5.74) is 2.22. The van der Waals surface area contributed by atoms with Crippen LogP contribution in [0.1, 0.15) is 16.1 Å². The first-order chi connectivity index (χ1) is 13.2. The molecule has 3 rings (SSSR count). The molecule has 2 heterocycles. The molecule has 0 atom stereocenters. The van der Waals surface area contributed by atoms with Crippen molar-refractivity contribution in [1.29, 1.82) is 0 Å². The van der Waals surface area contributed by atoms with Crippen molar-refractivity contribution >= 4 is 17.4 Å². The topological polar surface area (TPSA) is 85.4 Å². The molecule has 0 aliphatic heterocycles. The molecule has 7 nitrogen and oxygen atoms in total. The van der Waals surface area contributed by atoms with Crippen LogP contribution in [0.2, 0.25) is 0 Å². The van der Waals surface area contributed by atoms with Gasteiger partial charge in [0.15, 0.2) is 11.5 Å². The minimum atomic E-state index is -0.280. The Labute approximate surface area is 157 Å². The fourth-order valence-electron chi connectivity index (χ4n) is 2.43. The van der Waals surface area contributed by atoms with Crippen LogP contribution < -0.4 is 20.1 Å². The quantitative estimate of drug-likeness (QED) is 0.669. The first-order valence-electron chi connectivity index (χ1n) is 8.33. The molecule has 0 radical (unpaired) electrons. The second kappa shape index (κ2) is 8.66. The molecule has 2 N–H and O–H groups in total. The first-order valence-corrected chi connectivity index (χ1v) is 8.33. The van der Waals surface area contributed by atoms with E-state index < -0.39 is 0 Å². The number of amides is 1. The molecule has 1 amide bonds. The van der Waals surface area contributed by atoms with Crippen molar-refractivity contribution < 1.29 is 14.3 Å². The summed E-state index contributed by atoms with van der Waals surface area (Å²) in [5.74, 6) is 1.23. The second-order valence-corrected chi connectivity index (χ2v) is 5.63. The third-order valence-corrected chi connectivity index (χ3v) is 3.85. The fraction of sp³-hybridized carbons (Fsp3) is 0.150. The van der Waals surface area contributed by atoms with Gasteiger partial charge in [0.25, 0.3) is 5.91 Å². The minimum absolute atomic E-state index is 0.280. The molecule has 0 aliphatic carbocycles. The lowest BCUT2D eigenvalue weighted by molar-refractivity contribution is 0.102. The number of aromatic nitrogens is 2. The Morgan fingerprint density at radius 3 is 2.52 bits per heavy atom. The number of rotatable bonds is 7. The molecular weight excluding hydrogens is 344 g/mol. The molecule has 0 bridgehead atoms. The fourth-order valence-corrected chi connectivity index (χ4v) is 2.43. The van der Waals surface area contributed by atoms with Gasteiger partial charge in [0.05, 0.1) is 38.3 Å². The Kier molecular flexibility index (Phi) is 5.84. The van der Waals surface area contributed by atoms with Crippen molar-refractivity contribution in [3.05, 3.63) is 72.2 Å². The van der Waals surface area contributed by atoms with Gasteiger partial charge in [-0.15, -0.1) is 0 Å². The molecule has 0 saturated heterocycles. The average molecular weight is 364 g/mol. The number of carbonyl (C=O) groups is 1. The van der Waals surface area contributed by atoms with Gasteiger partial charge in [-0.05, 0) is 42.5 Å². The van der Waals surface area contributed by atoms with Gasteiger partial charge < -0.3 is 20.1 Å². The zero-order chi connectivity index (χ0) is 19.1. The van der Waals surface area contributed by atoms with Gasteiger partial charge >= 0.3 is 0 Å². The van der Waals surface area contributed by atoms with E-state index in [2.05, 4.69) is 20.6 Å². The molecule has 0 fully saturated rings. The largest absolute Gasteiger partial charge is 0.493 e. The summed E-state index contributed by atoms with van der Waals surface area (Å²) in [6.45, 7) is 0.597. The molecule has 7 heteroatoms. The molecule has 27 heavy (non-hydrogen) atoms. The summed E-state index contributed by atoms with van der Waals surface area (Å²) in [5, 5.41) is 5.99. The highest BCUT2D eigenvalue weighted by molar-refractivity contribution is 6.04. The number of benzene rings is 1. The Morgan fingerprint density at radius 1 is 1.00 bits per heavy atom. The SMILES string of the molecule is COc1ccc(C(=O)Nc2ccc(NCc3ccccn3)cn2)cc1OC. The lowest BCUT2D eigenvalue weighted by Gasteiger charge is -2.10. The van der Waals surface area contributed by atoms with Crippen LogP contribution in [0.15, 0.2) is 60.9 Å². The zero-order valence-electron chi connectivity index (χ0n) is 15.1. The van der Waals surface area contributed by atoms with Crippen LogP contribution in [-0.2, 0) is 6.54 Å². The summed E-state index contributed by atoms with van der Waals surface area (Å²) >= 11 is 0. The molecular formula is C20H20N4O3. The van der Waals surface area contributed by atoms with Crippen LogP contribution >= 0.6 is 0 Å². The molecule has 0 spiro atoms. The second-order valence-electron chi connectivity index (χ2n) is 5.63. The first kappa shape index (κ1) is 18.2. The van der Waals surface area contributed by atoms with E-state index in [1.54, 1.807) is 43.8 Å². The monoisotopic (exact) mass is 364 g/mol. The van der Waals surface area contributed by atoms with E-state index in [9.17, 15) is 4.79 Å². The third kappa shape index (κ3) is 4.72. The van der Waals surface area contributed by atoms with Gasteiger partial charge in [0, 0.05) is 11.8 Å². The summed E-state index contributed by atoms with van der Waals surface area (Å²) in [6.07, 6.45) is 3.41. The normalized spacial score (nSPS) is 10.1. The van der Waals surface area contributed by atoms with Crippen LogP contribution in [0.3, 0.4) is 0 Å². The highest BCUT2D eigenvalue weighted by Crippen LogP contribution is 2.27. The summed E-state index contributed by atoms with van der Waals surface area (Å²) < 4.78 is 10.4. The van der Waals surface area contributed by atoms with Gasteiger partial charge in [-0.2, -0.15) is 0 Å². The van der Waals surface area contributed by atoms with E-state index in [1.807, 2.05) is 24.3 Å². The maximum absolute atomic E-state index is 12.4. The lowest BCUT2D eigenvalue weighted by atomic mass is 10.2. The van der Waals surface area contributed by atoms with Crippen molar-refractivity contribution in [2.45, 2.75) is 6.54 Å². The van der Waals surface area contributed by atoms with Gasteiger partial charge in [-0.1, -0.05) is 6.07 Å². The number of carbonyl (C=O) groups excluding carboxylic acids is 1. The standard InChI is InChI=1S/C20H20N4O3/c1-26-17-8-6-14(11-18(17)27-2)20(25)24-19-9-7-16(13-23-19)22-12-15-5-3-4-10-21-15/h3-11,13,22H,12H2,1-2H3,(H,23,24,25). The van der Waals surface area contributed by atoms with Gasteiger partial charge in [-0.3, -0.25) is 9.78 Å². The number of ether oxygens (including phenoxy) is 2. The third-order valence-electron chi connectivity index (χ3n) is 3.85. The van der Waals surface area contributed by atoms with Crippen LogP contribution in [0, 0.1) is 0 Å². The number of hydrogen-bond donors (Lipinski definition) is 2. The predicted molar refractivity (Wildman–Crippen MR) is 103 cm³/mol. The summed E-state index contributed by atoms with van der Waals surface area (Å²) in [4.78, 5) is 20.9. The maximum atomic E-state index is 12.4. The number of nitrogens with one attached hydrogen (secondary N) is 2. The van der Waals surface area contributed by atoms with E-state index in [0.29, 0.717) is 29.4 Å². The molecule has 3 aromatic rings. The highest BCUT2D eigenvalue weighted by Gasteiger charge is 2.11. The lowest BCUT2D eigenvalue weighted by Crippen LogP contribution is -2.13. The van der Waals surface area contributed by atoms with E-state index in [-0.39, 0.29) is 5.91 Å². The van der Waals surface area contributed by atoms with E-state index in [4.69, 9.17) is 9.47 Å². The van der Waals surface area contributed by atoms with E-state index >= 15 is 0 Å². The van der Waals surface area contributed by atoms with Gasteiger partial charge in [-0.25, -0.2) is 4.98 Å². The van der Waals surface area contributed by atoms with Crippen molar-refractivity contribution in [2.24, 2.45) is 0 Å². The van der Waals surface area contributed by atoms with E-state index in [1.165, 1.54) is 7.11 Å². The molecule has 0 saturated carbocycles. The van der Waals surface area contributed by atoms with Crippen molar-refractivity contribution in [3.8, 4) is 11.5 Å². The molecule has 0 aliphatic rings.